The van der Waals surface area contributed by atoms with Gasteiger partial charge in [0.1, 0.15) is 12.2 Å². The van der Waals surface area contributed by atoms with Gasteiger partial charge in [0.25, 0.3) is 0 Å². The zero-order valence-electron chi connectivity index (χ0n) is 11.1. The lowest BCUT2D eigenvalue weighted by atomic mass is 10.0. The van der Waals surface area contributed by atoms with E-state index in [4.69, 9.17) is 13.9 Å². The molecule has 0 N–H and O–H groups in total. The molecule has 4 heteroatoms. The molecule has 1 aromatic heterocycles. The van der Waals surface area contributed by atoms with Gasteiger partial charge in [-0.05, 0) is 18.2 Å². The first-order valence-electron chi connectivity index (χ1n) is 6.72. The van der Waals surface area contributed by atoms with Crippen LogP contribution in [0.5, 0.6) is 11.5 Å². The second-order valence-electron chi connectivity index (χ2n) is 4.88. The van der Waals surface area contributed by atoms with Gasteiger partial charge >= 0.3 is 5.63 Å². The predicted molar refractivity (Wildman–Crippen MR) is 77.8 cm³/mol. The van der Waals surface area contributed by atoms with Gasteiger partial charge in [-0.3, -0.25) is 0 Å². The number of benzene rings is 2. The van der Waals surface area contributed by atoms with Crippen LogP contribution in [0, 0.1) is 0 Å². The fourth-order valence-corrected chi connectivity index (χ4v) is 2.58. The van der Waals surface area contributed by atoms with E-state index in [9.17, 15) is 4.79 Å². The Labute approximate surface area is 120 Å². The summed E-state index contributed by atoms with van der Waals surface area (Å²) in [5.74, 6) is 1.41. The first-order chi connectivity index (χ1) is 10.3. The topological polar surface area (TPSA) is 48.7 Å². The van der Waals surface area contributed by atoms with Gasteiger partial charge in [-0.25, -0.2) is 4.79 Å². The maximum absolute atomic E-state index is 11.7. The number of fused-ring (bicyclic) bond motifs is 2. The third-order valence-corrected chi connectivity index (χ3v) is 3.54. The number of hydrogen-bond donors (Lipinski definition) is 0. The molecule has 2 aromatic carbocycles. The molecule has 1 unspecified atom stereocenters. The first-order valence-corrected chi connectivity index (χ1v) is 6.72. The molecular weight excluding hydrogens is 268 g/mol. The van der Waals surface area contributed by atoms with Crippen molar-refractivity contribution in [2.75, 3.05) is 6.61 Å². The molecule has 1 atom stereocenters. The summed E-state index contributed by atoms with van der Waals surface area (Å²) in [6, 6.07) is 16.4. The van der Waals surface area contributed by atoms with Crippen LogP contribution in [0.1, 0.15) is 11.7 Å². The molecule has 21 heavy (non-hydrogen) atoms. The smallest absolute Gasteiger partial charge is 0.336 e. The SMILES string of the molecule is O=c1cc(C2COc3ccccc3O2)c2ccccc2o1. The zero-order valence-corrected chi connectivity index (χ0v) is 11.1. The molecule has 0 amide bonds. The summed E-state index contributed by atoms with van der Waals surface area (Å²) in [5, 5.41) is 0.866. The number of hydrogen-bond acceptors (Lipinski definition) is 4. The summed E-state index contributed by atoms with van der Waals surface area (Å²) in [7, 11) is 0. The van der Waals surface area contributed by atoms with Crippen molar-refractivity contribution in [2.24, 2.45) is 0 Å². The third-order valence-electron chi connectivity index (χ3n) is 3.54. The van der Waals surface area contributed by atoms with Crippen molar-refractivity contribution in [1.82, 2.24) is 0 Å². The number of para-hydroxylation sites is 3. The maximum atomic E-state index is 11.7. The zero-order chi connectivity index (χ0) is 14.2. The largest absolute Gasteiger partial charge is 0.485 e. The van der Waals surface area contributed by atoms with E-state index < -0.39 is 0 Å². The Bertz CT molecular complexity index is 866. The van der Waals surface area contributed by atoms with Crippen LogP contribution in [-0.2, 0) is 0 Å². The minimum Gasteiger partial charge on any atom is -0.485 e. The van der Waals surface area contributed by atoms with Crippen molar-refractivity contribution in [1.29, 1.82) is 0 Å². The van der Waals surface area contributed by atoms with E-state index >= 15 is 0 Å². The van der Waals surface area contributed by atoms with Crippen molar-refractivity contribution in [3.8, 4) is 11.5 Å². The minimum absolute atomic E-state index is 0.325. The molecule has 0 spiro atoms. The molecule has 0 fully saturated rings. The lowest BCUT2D eigenvalue weighted by Gasteiger charge is -2.27. The van der Waals surface area contributed by atoms with E-state index in [0.717, 1.165) is 16.7 Å². The molecule has 0 bridgehead atoms. The predicted octanol–water partition coefficient (Wildman–Crippen LogP) is 3.31. The number of ether oxygens (including phenoxy) is 2. The molecule has 4 nitrogen and oxygen atoms in total. The van der Waals surface area contributed by atoms with Gasteiger partial charge < -0.3 is 13.9 Å². The monoisotopic (exact) mass is 280 g/mol. The Balaban J connectivity index is 1.83. The highest BCUT2D eigenvalue weighted by molar-refractivity contribution is 5.80. The van der Waals surface area contributed by atoms with E-state index in [1.165, 1.54) is 6.07 Å². The van der Waals surface area contributed by atoms with Gasteiger partial charge in [0.05, 0.1) is 0 Å². The molecule has 3 aromatic rings. The number of rotatable bonds is 1. The highest BCUT2D eigenvalue weighted by Crippen LogP contribution is 2.37. The van der Waals surface area contributed by atoms with Crippen LogP contribution in [-0.4, -0.2) is 6.61 Å². The molecule has 2 heterocycles. The van der Waals surface area contributed by atoms with Crippen LogP contribution < -0.4 is 15.1 Å². The molecule has 4 rings (SSSR count). The van der Waals surface area contributed by atoms with Crippen LogP contribution in [0.3, 0.4) is 0 Å². The second-order valence-corrected chi connectivity index (χ2v) is 4.88. The molecule has 1 aliphatic rings. The second kappa shape index (κ2) is 4.66. The summed E-state index contributed by atoms with van der Waals surface area (Å²) >= 11 is 0. The van der Waals surface area contributed by atoms with Crippen LogP contribution >= 0.6 is 0 Å². The summed E-state index contributed by atoms with van der Waals surface area (Å²) in [6.07, 6.45) is -0.325. The highest BCUT2D eigenvalue weighted by atomic mass is 16.6. The van der Waals surface area contributed by atoms with Crippen LogP contribution in [0.15, 0.2) is 63.8 Å². The molecule has 104 valence electrons. The van der Waals surface area contributed by atoms with Crippen molar-refractivity contribution < 1.29 is 13.9 Å². The van der Waals surface area contributed by atoms with Gasteiger partial charge in [0, 0.05) is 17.0 Å². The lowest BCUT2D eigenvalue weighted by molar-refractivity contribution is 0.0919. The van der Waals surface area contributed by atoms with Gasteiger partial charge in [-0.1, -0.05) is 30.3 Å². The van der Waals surface area contributed by atoms with Gasteiger partial charge in [-0.2, -0.15) is 0 Å². The van der Waals surface area contributed by atoms with Gasteiger partial charge in [-0.15, -0.1) is 0 Å². The third kappa shape index (κ3) is 2.05. The summed E-state index contributed by atoms with van der Waals surface area (Å²) in [5.41, 5.74) is 0.963. The maximum Gasteiger partial charge on any atom is 0.336 e. The fourth-order valence-electron chi connectivity index (χ4n) is 2.58. The van der Waals surface area contributed by atoms with Crippen LogP contribution in [0.2, 0.25) is 0 Å². The van der Waals surface area contributed by atoms with E-state index in [0.29, 0.717) is 17.9 Å². The Morgan fingerprint density at radius 2 is 1.71 bits per heavy atom. The Kier molecular flexibility index (Phi) is 2.67. The first kappa shape index (κ1) is 12.0. The average molecular weight is 280 g/mol. The molecule has 1 aliphatic heterocycles. The van der Waals surface area contributed by atoms with E-state index in [2.05, 4.69) is 0 Å². The Hall–Kier alpha value is -2.75. The van der Waals surface area contributed by atoms with Crippen molar-refractivity contribution in [3.63, 3.8) is 0 Å². The summed E-state index contributed by atoms with van der Waals surface area (Å²) in [4.78, 5) is 11.7. The normalized spacial score (nSPS) is 16.9. The van der Waals surface area contributed by atoms with Crippen molar-refractivity contribution >= 4 is 11.0 Å². The fraction of sp³-hybridized carbons (Fsp3) is 0.118. The molecule has 0 aliphatic carbocycles. The molecular formula is C17H12O4. The van der Waals surface area contributed by atoms with Crippen molar-refractivity contribution in [3.05, 3.63) is 70.6 Å². The quantitative estimate of drug-likeness (QED) is 0.642. The van der Waals surface area contributed by atoms with Gasteiger partial charge in [0.15, 0.2) is 17.6 Å². The lowest BCUT2D eigenvalue weighted by Crippen LogP contribution is -2.22. The molecule has 0 radical (unpaired) electrons. The van der Waals surface area contributed by atoms with Crippen LogP contribution in [0.25, 0.3) is 11.0 Å². The van der Waals surface area contributed by atoms with Crippen LogP contribution in [0.4, 0.5) is 0 Å². The standard InChI is InChI=1S/C17H12O4/c18-17-9-12(11-5-1-2-6-13(11)21-17)16-10-19-14-7-3-4-8-15(14)20-16/h1-9,16H,10H2. The van der Waals surface area contributed by atoms with Crippen molar-refractivity contribution in [2.45, 2.75) is 6.10 Å². The summed E-state index contributed by atoms with van der Waals surface area (Å²) in [6.45, 7) is 0.366. The molecule has 0 saturated heterocycles. The average Bonchev–Trinajstić information content (AvgIpc) is 2.53. The minimum atomic E-state index is -0.383. The highest BCUT2D eigenvalue weighted by Gasteiger charge is 2.24. The van der Waals surface area contributed by atoms with Gasteiger partial charge in [0.2, 0.25) is 0 Å². The van der Waals surface area contributed by atoms with E-state index in [1.807, 2.05) is 42.5 Å². The van der Waals surface area contributed by atoms with E-state index in [1.54, 1.807) is 6.07 Å². The Morgan fingerprint density at radius 3 is 2.62 bits per heavy atom. The Morgan fingerprint density at radius 1 is 0.952 bits per heavy atom. The molecule has 0 saturated carbocycles. The summed E-state index contributed by atoms with van der Waals surface area (Å²) < 4.78 is 16.9. The van der Waals surface area contributed by atoms with E-state index in [-0.39, 0.29) is 11.7 Å².